The molecule has 92 valence electrons. The van der Waals surface area contributed by atoms with E-state index in [1.807, 2.05) is 6.07 Å². The van der Waals surface area contributed by atoms with Gasteiger partial charge >= 0.3 is 0 Å². The molecule has 1 aromatic rings. The fourth-order valence-electron chi connectivity index (χ4n) is 1.51. The van der Waals surface area contributed by atoms with Gasteiger partial charge in [0.15, 0.2) is 11.4 Å². The minimum Gasteiger partial charge on any atom is -0.488 e. The van der Waals surface area contributed by atoms with E-state index in [4.69, 9.17) is 4.74 Å². The number of pyridine rings is 1. The Labute approximate surface area is 102 Å². The summed E-state index contributed by atoms with van der Waals surface area (Å²) in [7, 11) is 3.44. The van der Waals surface area contributed by atoms with Crippen LogP contribution >= 0.6 is 0 Å². The fourth-order valence-corrected chi connectivity index (χ4v) is 1.51. The number of rotatable bonds is 4. The van der Waals surface area contributed by atoms with Gasteiger partial charge in [-0.3, -0.25) is 4.79 Å². The molecule has 0 saturated heterocycles. The second-order valence-corrected chi connectivity index (χ2v) is 4.56. The third-order valence-electron chi connectivity index (χ3n) is 2.74. The van der Waals surface area contributed by atoms with Crippen LogP contribution in [-0.2, 0) is 6.42 Å². The second-order valence-electron chi connectivity index (χ2n) is 4.56. The number of carbonyl (C=O) groups excluding carboxylic acids is 1. The molecule has 0 bridgehead atoms. The van der Waals surface area contributed by atoms with Crippen LogP contribution in [0, 0.1) is 0 Å². The molecule has 0 atom stereocenters. The van der Waals surface area contributed by atoms with Crippen molar-refractivity contribution < 1.29 is 9.53 Å². The molecule has 1 fully saturated rings. The molecular formula is C13H18N2O2. The molecule has 2 rings (SSSR count). The maximum atomic E-state index is 12.0. The summed E-state index contributed by atoms with van der Waals surface area (Å²) in [5.41, 5.74) is 1.51. The Balaban J connectivity index is 2.31. The van der Waals surface area contributed by atoms with Crippen LogP contribution in [0.5, 0.6) is 5.75 Å². The van der Waals surface area contributed by atoms with Gasteiger partial charge in [0, 0.05) is 20.3 Å². The van der Waals surface area contributed by atoms with Crippen molar-refractivity contribution in [1.82, 2.24) is 9.88 Å². The molecule has 1 aliphatic rings. The van der Waals surface area contributed by atoms with E-state index in [2.05, 4.69) is 11.9 Å². The minimum absolute atomic E-state index is 0.108. The Morgan fingerprint density at radius 1 is 1.53 bits per heavy atom. The monoisotopic (exact) mass is 234 g/mol. The smallest absolute Gasteiger partial charge is 0.275 e. The first-order valence-electron chi connectivity index (χ1n) is 5.99. The van der Waals surface area contributed by atoms with Crippen molar-refractivity contribution in [1.29, 1.82) is 0 Å². The van der Waals surface area contributed by atoms with Crippen molar-refractivity contribution in [2.45, 2.75) is 32.3 Å². The van der Waals surface area contributed by atoms with Gasteiger partial charge in [0.25, 0.3) is 5.91 Å². The molecule has 1 aliphatic carbocycles. The van der Waals surface area contributed by atoms with Gasteiger partial charge in [-0.05, 0) is 30.9 Å². The third kappa shape index (κ3) is 2.75. The van der Waals surface area contributed by atoms with Crippen LogP contribution < -0.4 is 4.74 Å². The van der Waals surface area contributed by atoms with Crippen LogP contribution in [0.2, 0.25) is 0 Å². The molecule has 0 aliphatic heterocycles. The van der Waals surface area contributed by atoms with Crippen LogP contribution in [0.1, 0.15) is 35.8 Å². The molecule has 1 amide bonds. The van der Waals surface area contributed by atoms with Gasteiger partial charge < -0.3 is 9.64 Å². The molecule has 0 N–H and O–H groups in total. The quantitative estimate of drug-likeness (QED) is 0.799. The third-order valence-corrected chi connectivity index (χ3v) is 2.74. The van der Waals surface area contributed by atoms with E-state index in [0.29, 0.717) is 11.4 Å². The lowest BCUT2D eigenvalue weighted by Crippen LogP contribution is -2.24. The van der Waals surface area contributed by atoms with Crippen molar-refractivity contribution in [3.8, 4) is 5.75 Å². The zero-order chi connectivity index (χ0) is 12.4. The fraction of sp³-hybridized carbons (Fsp3) is 0.538. The zero-order valence-electron chi connectivity index (χ0n) is 10.6. The molecule has 1 heterocycles. The van der Waals surface area contributed by atoms with Gasteiger partial charge in [-0.1, -0.05) is 6.92 Å². The number of carbonyl (C=O) groups is 1. The van der Waals surface area contributed by atoms with Crippen molar-refractivity contribution in [2.75, 3.05) is 14.1 Å². The van der Waals surface area contributed by atoms with Crippen molar-refractivity contribution in [2.24, 2.45) is 0 Å². The van der Waals surface area contributed by atoms with Crippen LogP contribution in [0.3, 0.4) is 0 Å². The molecule has 4 nitrogen and oxygen atoms in total. The topological polar surface area (TPSA) is 42.4 Å². The summed E-state index contributed by atoms with van der Waals surface area (Å²) in [6, 6.07) is 1.93. The molecule has 4 heteroatoms. The van der Waals surface area contributed by atoms with Crippen LogP contribution in [0.25, 0.3) is 0 Å². The van der Waals surface area contributed by atoms with Gasteiger partial charge in [0.1, 0.15) is 0 Å². The zero-order valence-corrected chi connectivity index (χ0v) is 10.6. The first-order chi connectivity index (χ1) is 8.11. The molecule has 17 heavy (non-hydrogen) atoms. The largest absolute Gasteiger partial charge is 0.488 e. The number of hydrogen-bond acceptors (Lipinski definition) is 3. The highest BCUT2D eigenvalue weighted by atomic mass is 16.5. The van der Waals surface area contributed by atoms with Crippen molar-refractivity contribution >= 4 is 5.91 Å². The number of nitrogens with zero attached hydrogens (tertiary/aromatic N) is 2. The van der Waals surface area contributed by atoms with E-state index in [0.717, 1.165) is 24.8 Å². The van der Waals surface area contributed by atoms with Gasteiger partial charge in [0.2, 0.25) is 0 Å². The highest BCUT2D eigenvalue weighted by molar-refractivity contribution is 5.94. The van der Waals surface area contributed by atoms with E-state index in [1.54, 1.807) is 20.3 Å². The van der Waals surface area contributed by atoms with E-state index in [-0.39, 0.29) is 12.0 Å². The van der Waals surface area contributed by atoms with Crippen LogP contribution in [0.15, 0.2) is 12.3 Å². The molecule has 0 radical (unpaired) electrons. The SMILES string of the molecule is CCc1cnc(C(=O)N(C)C)c(OC2CC2)c1. The Morgan fingerprint density at radius 2 is 2.24 bits per heavy atom. The summed E-state index contributed by atoms with van der Waals surface area (Å²) >= 11 is 0. The lowest BCUT2D eigenvalue weighted by atomic mass is 10.2. The molecule has 0 unspecified atom stereocenters. The normalized spacial score (nSPS) is 14.5. The van der Waals surface area contributed by atoms with Gasteiger partial charge in [-0.2, -0.15) is 0 Å². The van der Waals surface area contributed by atoms with E-state index in [1.165, 1.54) is 4.90 Å². The Hall–Kier alpha value is -1.58. The molecule has 0 aromatic carbocycles. The van der Waals surface area contributed by atoms with Crippen molar-refractivity contribution in [3.63, 3.8) is 0 Å². The summed E-state index contributed by atoms with van der Waals surface area (Å²) in [5.74, 6) is 0.522. The highest BCUT2D eigenvalue weighted by Gasteiger charge is 2.26. The van der Waals surface area contributed by atoms with E-state index >= 15 is 0 Å². The molecule has 1 saturated carbocycles. The summed E-state index contributed by atoms with van der Waals surface area (Å²) < 4.78 is 5.76. The first kappa shape index (κ1) is 11.9. The van der Waals surface area contributed by atoms with Crippen molar-refractivity contribution in [3.05, 3.63) is 23.5 Å². The number of ether oxygens (including phenoxy) is 1. The highest BCUT2D eigenvalue weighted by Crippen LogP contribution is 2.29. The Bertz CT molecular complexity index is 425. The number of aromatic nitrogens is 1. The Morgan fingerprint density at radius 3 is 2.76 bits per heavy atom. The Kier molecular flexibility index (Phi) is 3.31. The lowest BCUT2D eigenvalue weighted by Gasteiger charge is -2.14. The average molecular weight is 234 g/mol. The minimum atomic E-state index is -0.108. The number of aryl methyl sites for hydroxylation is 1. The number of hydrogen-bond donors (Lipinski definition) is 0. The van der Waals surface area contributed by atoms with Crippen LogP contribution in [-0.4, -0.2) is 36.0 Å². The maximum Gasteiger partial charge on any atom is 0.275 e. The summed E-state index contributed by atoms with van der Waals surface area (Å²) in [5, 5.41) is 0. The van der Waals surface area contributed by atoms with Crippen LogP contribution in [0.4, 0.5) is 0 Å². The molecule has 1 aromatic heterocycles. The van der Waals surface area contributed by atoms with E-state index in [9.17, 15) is 4.79 Å². The standard InChI is InChI=1S/C13H18N2O2/c1-4-9-7-11(17-10-5-6-10)12(14-8-9)13(16)15(2)3/h7-8,10H,4-6H2,1-3H3. The molecule has 0 spiro atoms. The van der Waals surface area contributed by atoms with Gasteiger partial charge in [-0.25, -0.2) is 4.98 Å². The predicted octanol–water partition coefficient (Wildman–Crippen LogP) is 1.89. The lowest BCUT2D eigenvalue weighted by molar-refractivity contribution is 0.0816. The summed E-state index contributed by atoms with van der Waals surface area (Å²) in [6.07, 6.45) is 5.07. The molecular weight excluding hydrogens is 216 g/mol. The van der Waals surface area contributed by atoms with Gasteiger partial charge in [0.05, 0.1) is 6.10 Å². The summed E-state index contributed by atoms with van der Waals surface area (Å²) in [4.78, 5) is 17.7. The number of amides is 1. The first-order valence-corrected chi connectivity index (χ1v) is 5.99. The maximum absolute atomic E-state index is 12.0. The van der Waals surface area contributed by atoms with E-state index < -0.39 is 0 Å². The average Bonchev–Trinajstić information content (AvgIpc) is 3.11. The summed E-state index contributed by atoms with van der Waals surface area (Å²) in [6.45, 7) is 2.06. The predicted molar refractivity (Wildman–Crippen MR) is 65.3 cm³/mol. The van der Waals surface area contributed by atoms with Gasteiger partial charge in [-0.15, -0.1) is 0 Å². The second kappa shape index (κ2) is 4.73.